The zero-order chi connectivity index (χ0) is 10.6. The molecule has 0 N–H and O–H groups in total. The van der Waals surface area contributed by atoms with Gasteiger partial charge in [0.15, 0.2) is 18.8 Å². The van der Waals surface area contributed by atoms with Crippen LogP contribution in [0.1, 0.15) is 39.5 Å². The SMILES string of the molecule is CCCCC/C=C(\C=O)OCOCC. The highest BCUT2D eigenvalue weighted by molar-refractivity contribution is 5.69. The van der Waals surface area contributed by atoms with Crippen molar-refractivity contribution in [2.75, 3.05) is 13.4 Å². The zero-order valence-corrected chi connectivity index (χ0v) is 9.12. The van der Waals surface area contributed by atoms with E-state index in [0.29, 0.717) is 12.4 Å². The van der Waals surface area contributed by atoms with Gasteiger partial charge in [0, 0.05) is 6.61 Å². The summed E-state index contributed by atoms with van der Waals surface area (Å²) in [7, 11) is 0. The molecule has 82 valence electrons. The summed E-state index contributed by atoms with van der Waals surface area (Å²) in [5.74, 6) is 0.384. The van der Waals surface area contributed by atoms with Crippen LogP contribution in [-0.4, -0.2) is 19.7 Å². The molecule has 0 amide bonds. The largest absolute Gasteiger partial charge is 0.464 e. The Hall–Kier alpha value is -0.830. The van der Waals surface area contributed by atoms with Gasteiger partial charge in [0.25, 0.3) is 0 Å². The summed E-state index contributed by atoms with van der Waals surface area (Å²) in [6, 6.07) is 0. The van der Waals surface area contributed by atoms with Crippen molar-refractivity contribution in [3.05, 3.63) is 11.8 Å². The van der Waals surface area contributed by atoms with Crippen molar-refractivity contribution < 1.29 is 14.3 Å². The summed E-state index contributed by atoms with van der Waals surface area (Å²) < 4.78 is 10.1. The van der Waals surface area contributed by atoms with Gasteiger partial charge < -0.3 is 9.47 Å². The van der Waals surface area contributed by atoms with Gasteiger partial charge in [-0.2, -0.15) is 0 Å². The summed E-state index contributed by atoms with van der Waals surface area (Å²) in [6.45, 7) is 4.79. The fourth-order valence-corrected chi connectivity index (χ4v) is 0.973. The average Bonchev–Trinajstić information content (AvgIpc) is 2.22. The molecule has 14 heavy (non-hydrogen) atoms. The third-order valence-corrected chi connectivity index (χ3v) is 1.78. The number of allylic oxidation sites excluding steroid dienone is 2. The molecule has 0 aliphatic heterocycles. The van der Waals surface area contributed by atoms with Gasteiger partial charge in [-0.3, -0.25) is 4.79 Å². The van der Waals surface area contributed by atoms with Gasteiger partial charge in [0.1, 0.15) is 0 Å². The predicted molar refractivity (Wildman–Crippen MR) is 55.9 cm³/mol. The van der Waals surface area contributed by atoms with Gasteiger partial charge in [-0.25, -0.2) is 0 Å². The second-order valence-corrected chi connectivity index (χ2v) is 2.98. The summed E-state index contributed by atoms with van der Waals surface area (Å²) in [5.41, 5.74) is 0. The monoisotopic (exact) mass is 200 g/mol. The minimum Gasteiger partial charge on any atom is -0.464 e. The molecule has 3 nitrogen and oxygen atoms in total. The quantitative estimate of drug-likeness (QED) is 0.189. The van der Waals surface area contributed by atoms with E-state index in [-0.39, 0.29) is 6.79 Å². The highest BCUT2D eigenvalue weighted by atomic mass is 16.7. The number of carbonyl (C=O) groups is 1. The Bertz CT molecular complexity index is 164. The molecular formula is C11H20O3. The lowest BCUT2D eigenvalue weighted by molar-refractivity contribution is -0.110. The van der Waals surface area contributed by atoms with Crippen molar-refractivity contribution in [2.45, 2.75) is 39.5 Å². The van der Waals surface area contributed by atoms with E-state index in [4.69, 9.17) is 9.47 Å². The molecule has 0 spiro atoms. The van der Waals surface area contributed by atoms with Gasteiger partial charge in [0.05, 0.1) is 0 Å². The minimum atomic E-state index is 0.162. The lowest BCUT2D eigenvalue weighted by atomic mass is 10.2. The first kappa shape index (κ1) is 13.2. The third kappa shape index (κ3) is 7.80. The number of rotatable bonds is 9. The molecule has 0 aliphatic rings. The van der Waals surface area contributed by atoms with Crippen molar-refractivity contribution in [1.29, 1.82) is 0 Å². The van der Waals surface area contributed by atoms with Crippen molar-refractivity contribution in [3.8, 4) is 0 Å². The minimum absolute atomic E-state index is 0.162. The van der Waals surface area contributed by atoms with Crippen molar-refractivity contribution in [1.82, 2.24) is 0 Å². The fourth-order valence-electron chi connectivity index (χ4n) is 0.973. The molecule has 0 fully saturated rings. The van der Waals surface area contributed by atoms with Gasteiger partial charge >= 0.3 is 0 Å². The first-order valence-electron chi connectivity index (χ1n) is 5.21. The third-order valence-electron chi connectivity index (χ3n) is 1.78. The number of aldehydes is 1. The lowest BCUT2D eigenvalue weighted by Gasteiger charge is -2.04. The predicted octanol–water partition coefficient (Wildman–Crippen LogP) is 2.66. The number of hydrogen-bond donors (Lipinski definition) is 0. The Morgan fingerprint density at radius 1 is 1.29 bits per heavy atom. The number of ether oxygens (including phenoxy) is 2. The maximum atomic E-state index is 10.5. The first-order valence-corrected chi connectivity index (χ1v) is 5.21. The molecule has 0 saturated heterocycles. The normalized spacial score (nSPS) is 11.4. The summed E-state index contributed by atoms with van der Waals surface area (Å²) in [4.78, 5) is 10.5. The molecule has 0 aromatic carbocycles. The van der Waals surface area contributed by atoms with Gasteiger partial charge in [-0.15, -0.1) is 0 Å². The molecule has 0 heterocycles. The van der Waals surface area contributed by atoms with E-state index >= 15 is 0 Å². The topological polar surface area (TPSA) is 35.5 Å². The molecule has 0 atom stereocenters. The smallest absolute Gasteiger partial charge is 0.189 e. The Labute approximate surface area is 86.1 Å². The Morgan fingerprint density at radius 2 is 2.07 bits per heavy atom. The van der Waals surface area contributed by atoms with Crippen LogP contribution in [0.3, 0.4) is 0 Å². The van der Waals surface area contributed by atoms with Crippen LogP contribution in [0.4, 0.5) is 0 Å². The summed E-state index contributed by atoms with van der Waals surface area (Å²) in [6.07, 6.45) is 6.92. The molecule has 0 radical (unpaired) electrons. The van der Waals surface area contributed by atoms with Gasteiger partial charge in [-0.05, 0) is 25.8 Å². The van der Waals surface area contributed by atoms with Crippen LogP contribution < -0.4 is 0 Å². The number of carbonyl (C=O) groups excluding carboxylic acids is 1. The van der Waals surface area contributed by atoms with Crippen molar-refractivity contribution in [3.63, 3.8) is 0 Å². The van der Waals surface area contributed by atoms with E-state index in [9.17, 15) is 4.79 Å². The molecule has 0 aromatic heterocycles. The molecule has 0 bridgehead atoms. The van der Waals surface area contributed by atoms with E-state index in [1.54, 1.807) is 0 Å². The molecular weight excluding hydrogens is 180 g/mol. The second-order valence-electron chi connectivity index (χ2n) is 2.98. The first-order chi connectivity index (χ1) is 6.85. The van der Waals surface area contributed by atoms with Crippen molar-refractivity contribution >= 4 is 6.29 Å². The van der Waals surface area contributed by atoms with Crippen LogP contribution in [0.25, 0.3) is 0 Å². The molecule has 0 aromatic rings. The number of hydrogen-bond acceptors (Lipinski definition) is 3. The number of unbranched alkanes of at least 4 members (excludes halogenated alkanes) is 3. The average molecular weight is 200 g/mol. The fraction of sp³-hybridized carbons (Fsp3) is 0.727. The van der Waals surface area contributed by atoms with E-state index < -0.39 is 0 Å². The highest BCUT2D eigenvalue weighted by Crippen LogP contribution is 2.03. The van der Waals surface area contributed by atoms with Crippen LogP contribution in [0.5, 0.6) is 0 Å². The molecule has 0 saturated carbocycles. The molecule has 0 unspecified atom stereocenters. The van der Waals surface area contributed by atoms with Crippen molar-refractivity contribution in [2.24, 2.45) is 0 Å². The Morgan fingerprint density at radius 3 is 2.64 bits per heavy atom. The van der Waals surface area contributed by atoms with Gasteiger partial charge in [0.2, 0.25) is 0 Å². The maximum Gasteiger partial charge on any atom is 0.189 e. The van der Waals surface area contributed by atoms with E-state index in [2.05, 4.69) is 6.92 Å². The Kier molecular flexibility index (Phi) is 9.64. The van der Waals surface area contributed by atoms with E-state index in [1.165, 1.54) is 12.8 Å². The summed E-state index contributed by atoms with van der Waals surface area (Å²) in [5, 5.41) is 0. The van der Waals surface area contributed by atoms with Crippen LogP contribution in [0, 0.1) is 0 Å². The Balaban J connectivity index is 3.58. The molecule has 0 aliphatic carbocycles. The van der Waals surface area contributed by atoms with E-state index in [0.717, 1.165) is 19.1 Å². The zero-order valence-electron chi connectivity index (χ0n) is 9.12. The van der Waals surface area contributed by atoms with Crippen LogP contribution in [-0.2, 0) is 14.3 Å². The van der Waals surface area contributed by atoms with E-state index in [1.807, 2.05) is 13.0 Å². The highest BCUT2D eigenvalue weighted by Gasteiger charge is 1.94. The van der Waals surface area contributed by atoms with Crippen LogP contribution in [0.2, 0.25) is 0 Å². The lowest BCUT2D eigenvalue weighted by Crippen LogP contribution is -2.00. The van der Waals surface area contributed by atoms with Crippen LogP contribution >= 0.6 is 0 Å². The second kappa shape index (κ2) is 10.3. The summed E-state index contributed by atoms with van der Waals surface area (Å²) >= 11 is 0. The van der Waals surface area contributed by atoms with Gasteiger partial charge in [-0.1, -0.05) is 19.8 Å². The van der Waals surface area contributed by atoms with Crippen LogP contribution in [0.15, 0.2) is 11.8 Å². The standard InChI is InChI=1S/C11H20O3/c1-3-5-6-7-8-11(9-12)14-10-13-4-2/h8-9H,3-7,10H2,1-2H3/b11-8+. The molecule has 3 heteroatoms. The maximum absolute atomic E-state index is 10.5. The molecule has 0 rings (SSSR count).